The van der Waals surface area contributed by atoms with Gasteiger partial charge in [-0.05, 0) is 6.92 Å². The average Bonchev–Trinajstić information content (AvgIpc) is 2.25. The van der Waals surface area contributed by atoms with Crippen LogP contribution in [0.15, 0.2) is 0 Å². The van der Waals surface area contributed by atoms with E-state index in [4.69, 9.17) is 4.74 Å². The molecule has 0 saturated carbocycles. The molecule has 0 aromatic rings. The number of halogens is 2. The molecule has 1 aliphatic heterocycles. The molecular formula is C11H14F2O6. The van der Waals surface area contributed by atoms with Crippen LogP contribution in [0.5, 0.6) is 0 Å². The average molecular weight is 280 g/mol. The number of alkyl halides is 2. The van der Waals surface area contributed by atoms with E-state index in [1.165, 1.54) is 6.92 Å². The van der Waals surface area contributed by atoms with Crippen molar-refractivity contribution in [3.63, 3.8) is 0 Å². The SMILES string of the molecule is CC(=O)O[C@H]1O[C@@H](C)[C@@H](C=O)[C@@H](OC(C)=O)C1(F)F. The van der Waals surface area contributed by atoms with Crippen LogP contribution in [-0.2, 0) is 28.6 Å². The van der Waals surface area contributed by atoms with Gasteiger partial charge in [0.25, 0.3) is 6.29 Å². The molecule has 0 spiro atoms. The van der Waals surface area contributed by atoms with Gasteiger partial charge in [-0.3, -0.25) is 9.59 Å². The molecule has 4 atom stereocenters. The zero-order valence-electron chi connectivity index (χ0n) is 10.6. The van der Waals surface area contributed by atoms with Crippen LogP contribution < -0.4 is 0 Å². The molecule has 8 heteroatoms. The molecule has 0 unspecified atom stereocenters. The summed E-state index contributed by atoms with van der Waals surface area (Å²) in [5.74, 6) is -7.09. The van der Waals surface area contributed by atoms with E-state index in [-0.39, 0.29) is 6.29 Å². The van der Waals surface area contributed by atoms with Gasteiger partial charge in [0.15, 0.2) is 6.10 Å². The fourth-order valence-corrected chi connectivity index (χ4v) is 1.79. The Labute approximate surface area is 108 Å². The summed E-state index contributed by atoms with van der Waals surface area (Å²) in [4.78, 5) is 32.5. The van der Waals surface area contributed by atoms with Gasteiger partial charge in [0.2, 0.25) is 0 Å². The maximum atomic E-state index is 14.0. The first kappa shape index (κ1) is 15.5. The van der Waals surface area contributed by atoms with E-state index in [9.17, 15) is 23.2 Å². The Morgan fingerprint density at radius 2 is 1.74 bits per heavy atom. The molecule has 0 N–H and O–H groups in total. The van der Waals surface area contributed by atoms with Crippen molar-refractivity contribution in [2.75, 3.05) is 0 Å². The summed E-state index contributed by atoms with van der Waals surface area (Å²) in [6.45, 7) is 3.23. The lowest BCUT2D eigenvalue weighted by atomic mass is 9.90. The summed E-state index contributed by atoms with van der Waals surface area (Å²) < 4.78 is 41.7. The maximum absolute atomic E-state index is 14.0. The number of carbonyl (C=O) groups is 3. The number of carbonyl (C=O) groups excluding carboxylic acids is 3. The van der Waals surface area contributed by atoms with E-state index in [0.717, 1.165) is 13.8 Å². The minimum Gasteiger partial charge on any atom is -0.455 e. The van der Waals surface area contributed by atoms with Crippen LogP contribution in [0, 0.1) is 5.92 Å². The Morgan fingerprint density at radius 1 is 1.21 bits per heavy atom. The first-order valence-electron chi connectivity index (χ1n) is 5.53. The molecule has 0 aromatic heterocycles. The predicted molar refractivity (Wildman–Crippen MR) is 56.2 cm³/mol. The molecule has 0 bridgehead atoms. The van der Waals surface area contributed by atoms with Crippen molar-refractivity contribution in [1.29, 1.82) is 0 Å². The Balaban J connectivity index is 3.06. The molecule has 1 fully saturated rings. The van der Waals surface area contributed by atoms with Crippen molar-refractivity contribution in [1.82, 2.24) is 0 Å². The molecule has 19 heavy (non-hydrogen) atoms. The zero-order chi connectivity index (χ0) is 14.8. The lowest BCUT2D eigenvalue weighted by Gasteiger charge is -2.42. The van der Waals surface area contributed by atoms with Gasteiger partial charge in [0.05, 0.1) is 12.0 Å². The lowest BCUT2D eigenvalue weighted by molar-refractivity contribution is -0.329. The highest BCUT2D eigenvalue weighted by molar-refractivity contribution is 5.68. The maximum Gasteiger partial charge on any atom is 0.345 e. The highest BCUT2D eigenvalue weighted by atomic mass is 19.3. The third kappa shape index (κ3) is 3.25. The van der Waals surface area contributed by atoms with Crippen molar-refractivity contribution in [2.45, 2.75) is 45.2 Å². The quantitative estimate of drug-likeness (QED) is 0.558. The number of hydrogen-bond acceptors (Lipinski definition) is 6. The Kier molecular flexibility index (Phi) is 4.56. The van der Waals surface area contributed by atoms with E-state index in [2.05, 4.69) is 9.47 Å². The van der Waals surface area contributed by atoms with Crippen LogP contribution in [0.1, 0.15) is 20.8 Å². The van der Waals surface area contributed by atoms with Crippen LogP contribution >= 0.6 is 0 Å². The smallest absolute Gasteiger partial charge is 0.345 e. The van der Waals surface area contributed by atoms with Gasteiger partial charge in [-0.1, -0.05) is 0 Å². The molecule has 1 rings (SSSR count). The van der Waals surface area contributed by atoms with Crippen molar-refractivity contribution in [2.24, 2.45) is 5.92 Å². The molecule has 108 valence electrons. The van der Waals surface area contributed by atoms with E-state index in [1.807, 2.05) is 0 Å². The monoisotopic (exact) mass is 280 g/mol. The first-order valence-corrected chi connectivity index (χ1v) is 5.53. The van der Waals surface area contributed by atoms with Crippen LogP contribution in [0.25, 0.3) is 0 Å². The van der Waals surface area contributed by atoms with Crippen LogP contribution in [0.2, 0.25) is 0 Å². The second kappa shape index (κ2) is 5.60. The second-order valence-corrected chi connectivity index (χ2v) is 4.20. The predicted octanol–water partition coefficient (Wildman–Crippen LogP) is 0.676. The van der Waals surface area contributed by atoms with Crippen molar-refractivity contribution >= 4 is 18.2 Å². The van der Waals surface area contributed by atoms with E-state index in [0.29, 0.717) is 0 Å². The Morgan fingerprint density at radius 3 is 2.16 bits per heavy atom. The molecule has 1 saturated heterocycles. The normalized spacial score (nSPS) is 33.3. The van der Waals surface area contributed by atoms with E-state index >= 15 is 0 Å². The van der Waals surface area contributed by atoms with Gasteiger partial charge >= 0.3 is 17.9 Å². The first-order chi connectivity index (χ1) is 8.70. The van der Waals surface area contributed by atoms with Crippen molar-refractivity contribution < 1.29 is 37.4 Å². The summed E-state index contributed by atoms with van der Waals surface area (Å²) >= 11 is 0. The van der Waals surface area contributed by atoms with Gasteiger partial charge in [0.1, 0.15) is 6.29 Å². The molecule has 6 nitrogen and oxygen atoms in total. The van der Waals surface area contributed by atoms with E-state index in [1.54, 1.807) is 0 Å². The van der Waals surface area contributed by atoms with Gasteiger partial charge in [-0.15, -0.1) is 0 Å². The highest BCUT2D eigenvalue weighted by Crippen LogP contribution is 2.39. The largest absolute Gasteiger partial charge is 0.455 e. The molecule has 0 aromatic carbocycles. The third-order valence-electron chi connectivity index (χ3n) is 2.65. The minimum absolute atomic E-state index is 0.232. The standard InChI is InChI=1S/C11H14F2O6/c1-5-8(4-14)9(18-6(2)15)11(12,13)10(17-5)19-7(3)16/h4-5,8-10H,1-3H3/t5-,8+,9+,10+/m0/s1. The van der Waals surface area contributed by atoms with Gasteiger partial charge in [-0.25, -0.2) is 0 Å². The van der Waals surface area contributed by atoms with E-state index < -0.39 is 42.3 Å². The van der Waals surface area contributed by atoms with Gasteiger partial charge in [-0.2, -0.15) is 8.78 Å². The highest BCUT2D eigenvalue weighted by Gasteiger charge is 2.61. The summed E-state index contributed by atoms with van der Waals surface area (Å²) in [7, 11) is 0. The summed E-state index contributed by atoms with van der Waals surface area (Å²) in [6.07, 6.45) is -4.97. The molecule has 1 aliphatic rings. The van der Waals surface area contributed by atoms with Crippen molar-refractivity contribution in [3.8, 4) is 0 Å². The topological polar surface area (TPSA) is 78.9 Å². The Bertz CT molecular complexity index is 383. The fourth-order valence-electron chi connectivity index (χ4n) is 1.79. The zero-order valence-corrected chi connectivity index (χ0v) is 10.6. The van der Waals surface area contributed by atoms with Crippen LogP contribution in [-0.4, -0.2) is 42.6 Å². The minimum atomic E-state index is -3.81. The number of hydrogen-bond donors (Lipinski definition) is 0. The number of aldehydes is 1. The Hall–Kier alpha value is -1.57. The second-order valence-electron chi connectivity index (χ2n) is 4.20. The third-order valence-corrected chi connectivity index (χ3v) is 2.65. The molecular weight excluding hydrogens is 266 g/mol. The summed E-state index contributed by atoms with van der Waals surface area (Å²) in [6, 6.07) is 0. The van der Waals surface area contributed by atoms with Gasteiger partial charge in [0, 0.05) is 13.8 Å². The molecule has 0 aliphatic carbocycles. The van der Waals surface area contributed by atoms with Crippen molar-refractivity contribution in [3.05, 3.63) is 0 Å². The van der Waals surface area contributed by atoms with Crippen LogP contribution in [0.3, 0.4) is 0 Å². The number of rotatable bonds is 3. The molecule has 0 amide bonds. The number of esters is 2. The number of ether oxygens (including phenoxy) is 3. The molecule has 0 radical (unpaired) electrons. The molecule has 1 heterocycles. The van der Waals surface area contributed by atoms with Gasteiger partial charge < -0.3 is 19.0 Å². The fraction of sp³-hybridized carbons (Fsp3) is 0.727. The lowest BCUT2D eigenvalue weighted by Crippen LogP contribution is -2.61. The summed E-state index contributed by atoms with van der Waals surface area (Å²) in [5, 5.41) is 0. The van der Waals surface area contributed by atoms with Crippen LogP contribution in [0.4, 0.5) is 8.78 Å². The summed E-state index contributed by atoms with van der Waals surface area (Å²) in [5.41, 5.74) is 0.